The Labute approximate surface area is 590 Å². The maximum absolute atomic E-state index is 2.52. The van der Waals surface area contributed by atoms with Gasteiger partial charge in [-0.15, -0.1) is 0 Å². The first-order valence-electron chi connectivity index (χ1n) is 36.0. The molecule has 5 aliphatic carbocycles. The first-order valence-corrected chi connectivity index (χ1v) is 36.0. The number of rotatable bonds is 6. The van der Waals surface area contributed by atoms with E-state index in [0.29, 0.717) is 0 Å². The van der Waals surface area contributed by atoms with Crippen molar-refractivity contribution in [3.05, 3.63) is 402 Å². The van der Waals surface area contributed by atoms with Crippen molar-refractivity contribution in [2.75, 3.05) is 0 Å². The smallest absolute Gasteiger partial charge is 0.0726 e. The van der Waals surface area contributed by atoms with Crippen LogP contribution in [0.5, 0.6) is 0 Å². The van der Waals surface area contributed by atoms with Crippen LogP contribution in [0.25, 0.3) is 160 Å². The van der Waals surface area contributed by atoms with E-state index in [1.807, 2.05) is 0 Å². The van der Waals surface area contributed by atoms with Gasteiger partial charge in [-0.05, 0) is 241 Å². The molecule has 0 atom stereocenters. The number of fused-ring (bicyclic) bond motifs is 28. The van der Waals surface area contributed by atoms with Gasteiger partial charge in [0.2, 0.25) is 0 Å². The van der Waals surface area contributed by atoms with Crippen LogP contribution in [0.15, 0.2) is 352 Å². The van der Waals surface area contributed by atoms with Gasteiger partial charge in [0, 0.05) is 32.9 Å². The summed E-state index contributed by atoms with van der Waals surface area (Å²) >= 11 is 0. The molecule has 18 aromatic rings. The van der Waals surface area contributed by atoms with Crippen LogP contribution >= 0.6 is 0 Å². The van der Waals surface area contributed by atoms with Crippen molar-refractivity contribution in [1.29, 1.82) is 0 Å². The fourth-order valence-corrected chi connectivity index (χ4v) is 20.0. The molecule has 2 nitrogen and oxygen atoms in total. The molecule has 23 rings (SSSR count). The number of hydrogen-bond donors (Lipinski definition) is 0. The summed E-state index contributed by atoms with van der Waals surface area (Å²) in [7, 11) is 0. The molecule has 2 heterocycles. The number of nitrogens with zero attached hydrogens (tertiary/aromatic N) is 2. The number of allylic oxidation sites excluding steroid dienone is 4. The van der Waals surface area contributed by atoms with Gasteiger partial charge < -0.3 is 9.13 Å². The predicted octanol–water partition coefficient (Wildman–Crippen LogP) is 25.6. The van der Waals surface area contributed by atoms with Crippen molar-refractivity contribution in [3.63, 3.8) is 0 Å². The SMILES string of the molecule is C1=CCCC(c2c3cc(-c4ccc5c(c4)c4ccccc4n5-c4ccc5c(c4)C4(c6ccccc6-c6ccccc64)c4ccccc4-5)ccc3c(-c3ccccc3)c3cc(-c4ccc5c(c4)c4ccccc4n5-c4ccc5c(c4)C4(c6ccccc6-c6ccccc64)c4ccccc4-5)ccc23)=C1. The van der Waals surface area contributed by atoms with Gasteiger partial charge in [-0.2, -0.15) is 0 Å². The number of aromatic nitrogens is 2. The molecule has 0 aliphatic heterocycles. The zero-order valence-corrected chi connectivity index (χ0v) is 55.8. The summed E-state index contributed by atoms with van der Waals surface area (Å²) in [5.41, 5.74) is 37.5. The van der Waals surface area contributed by atoms with Crippen LogP contribution < -0.4 is 0 Å². The maximum Gasteiger partial charge on any atom is 0.0726 e. The normalized spacial score (nSPS) is 14.4. The second kappa shape index (κ2) is 20.8. The van der Waals surface area contributed by atoms with E-state index in [1.54, 1.807) is 0 Å². The molecule has 2 aromatic heterocycles. The van der Waals surface area contributed by atoms with Crippen LogP contribution in [0, 0.1) is 0 Å². The minimum absolute atomic E-state index is 0.434. The topological polar surface area (TPSA) is 9.86 Å². The molecule has 2 heteroatoms. The highest BCUT2D eigenvalue weighted by molar-refractivity contribution is 6.21. The van der Waals surface area contributed by atoms with Crippen molar-refractivity contribution in [3.8, 4) is 89.3 Å². The summed E-state index contributed by atoms with van der Waals surface area (Å²) in [5.74, 6) is 0. The Bertz CT molecular complexity index is 6690. The molecule has 102 heavy (non-hydrogen) atoms. The molecule has 0 amide bonds. The Morgan fingerprint density at radius 2 is 0.569 bits per heavy atom. The van der Waals surface area contributed by atoms with Gasteiger partial charge in [0.15, 0.2) is 0 Å². The molecule has 0 bridgehead atoms. The van der Waals surface area contributed by atoms with Crippen LogP contribution in [0.3, 0.4) is 0 Å². The lowest BCUT2D eigenvalue weighted by Gasteiger charge is -2.30. The molecular weight excluding hydrogens is 1230 g/mol. The molecule has 0 fully saturated rings. The first kappa shape index (κ1) is 56.0. The van der Waals surface area contributed by atoms with Gasteiger partial charge in [-0.25, -0.2) is 0 Å². The summed E-state index contributed by atoms with van der Waals surface area (Å²) in [6, 6.07) is 127. The highest BCUT2D eigenvalue weighted by Gasteiger charge is 2.53. The van der Waals surface area contributed by atoms with E-state index in [1.165, 1.54) is 199 Å². The van der Waals surface area contributed by atoms with Gasteiger partial charge in [0.05, 0.1) is 32.9 Å². The first-order chi connectivity index (χ1) is 50.6. The van der Waals surface area contributed by atoms with Crippen LogP contribution in [0.4, 0.5) is 0 Å². The summed E-state index contributed by atoms with van der Waals surface area (Å²) in [6.07, 6.45) is 8.93. The Balaban J connectivity index is 0.673. The Hall–Kier alpha value is -12.9. The lowest BCUT2D eigenvalue weighted by atomic mass is 9.70. The summed E-state index contributed by atoms with van der Waals surface area (Å²) in [5, 5.41) is 10.0. The van der Waals surface area contributed by atoms with Crippen LogP contribution in [0.2, 0.25) is 0 Å². The van der Waals surface area contributed by atoms with Crippen molar-refractivity contribution in [1.82, 2.24) is 9.13 Å². The predicted molar refractivity (Wildman–Crippen MR) is 425 cm³/mol. The zero-order valence-electron chi connectivity index (χ0n) is 55.8. The van der Waals surface area contributed by atoms with E-state index in [2.05, 4.69) is 361 Å². The highest BCUT2D eigenvalue weighted by atomic mass is 15.0. The third kappa shape index (κ3) is 7.32. The molecule has 16 aromatic carbocycles. The molecule has 0 unspecified atom stereocenters. The molecule has 0 saturated carbocycles. The molecule has 472 valence electrons. The van der Waals surface area contributed by atoms with Crippen molar-refractivity contribution < 1.29 is 0 Å². The van der Waals surface area contributed by atoms with Crippen molar-refractivity contribution in [2.45, 2.75) is 23.7 Å². The molecule has 2 spiro atoms. The van der Waals surface area contributed by atoms with Crippen LogP contribution in [-0.4, -0.2) is 9.13 Å². The molecule has 5 aliphatic rings. The molecule has 0 N–H and O–H groups in total. The fraction of sp³-hybridized carbons (Fsp3) is 0.0400. The third-order valence-electron chi connectivity index (χ3n) is 24.0. The summed E-state index contributed by atoms with van der Waals surface area (Å²) in [6.45, 7) is 0. The summed E-state index contributed by atoms with van der Waals surface area (Å²) in [4.78, 5) is 0. The van der Waals surface area contributed by atoms with Gasteiger partial charge in [-0.3, -0.25) is 0 Å². The van der Waals surface area contributed by atoms with E-state index in [4.69, 9.17) is 0 Å². The molecular formula is C100H62N2. The number of hydrogen-bond acceptors (Lipinski definition) is 0. The zero-order chi connectivity index (χ0) is 66.5. The molecule has 0 saturated heterocycles. The fourth-order valence-electron chi connectivity index (χ4n) is 20.0. The van der Waals surface area contributed by atoms with Gasteiger partial charge in [0.25, 0.3) is 0 Å². The minimum Gasteiger partial charge on any atom is -0.309 e. The van der Waals surface area contributed by atoms with E-state index in [0.717, 1.165) is 24.2 Å². The lowest BCUT2D eigenvalue weighted by Crippen LogP contribution is -2.26. The standard InChI is InChI=1S/C100H62N2/c1-3-23-61(24-4-1)97-79-49-43-64(66-46-54-96-82(56-66)78-34-14-22-42-94(78)102(96)68-48-52-76-74-32-12-20-40-90(74)100(92(76)60-68)87-37-17-9-29-71(87)72-30-10-18-38-88(72)100)58-84(79)98(62-25-5-2-6-26-62)80-50-44-63(57-83(80)97)65-45-53-95-81(55-65)77-33-13-21-41-93(77)101(95)67-47-51-75-73-31-11-19-39-89(73)99(91(75)59-67)85-35-15-7-27-69(85)70-28-8-16-36-86(70)99/h1-5,7-25,27-60H,6,26H2. The average Bonchev–Trinajstić information content (AvgIpc) is 1.51. The van der Waals surface area contributed by atoms with Gasteiger partial charge in [-0.1, -0.05) is 279 Å². The Morgan fingerprint density at radius 1 is 0.225 bits per heavy atom. The van der Waals surface area contributed by atoms with E-state index < -0.39 is 10.8 Å². The highest BCUT2D eigenvalue weighted by Crippen LogP contribution is 2.65. The minimum atomic E-state index is -0.435. The van der Waals surface area contributed by atoms with Gasteiger partial charge in [0.1, 0.15) is 0 Å². The Kier molecular flexibility index (Phi) is 11.5. The number of para-hydroxylation sites is 2. The largest absolute Gasteiger partial charge is 0.309 e. The molecule has 0 radical (unpaired) electrons. The van der Waals surface area contributed by atoms with E-state index in [9.17, 15) is 0 Å². The lowest BCUT2D eigenvalue weighted by molar-refractivity contribution is 0.792. The Morgan fingerprint density at radius 3 is 0.990 bits per heavy atom. The van der Waals surface area contributed by atoms with E-state index in [-0.39, 0.29) is 0 Å². The van der Waals surface area contributed by atoms with Gasteiger partial charge >= 0.3 is 0 Å². The second-order valence-electron chi connectivity index (χ2n) is 28.7. The second-order valence-corrected chi connectivity index (χ2v) is 28.7. The third-order valence-corrected chi connectivity index (χ3v) is 24.0. The maximum atomic E-state index is 2.52. The van der Waals surface area contributed by atoms with Crippen LogP contribution in [0.1, 0.15) is 62.9 Å². The van der Waals surface area contributed by atoms with Crippen LogP contribution in [-0.2, 0) is 10.8 Å². The quantitative estimate of drug-likeness (QED) is 0.147. The van der Waals surface area contributed by atoms with E-state index >= 15 is 0 Å². The van der Waals surface area contributed by atoms with Crippen molar-refractivity contribution in [2.24, 2.45) is 0 Å². The number of benzene rings is 16. The average molecular weight is 1290 g/mol. The summed E-state index contributed by atoms with van der Waals surface area (Å²) < 4.78 is 5.03. The monoisotopic (exact) mass is 1290 g/mol. The van der Waals surface area contributed by atoms with Crippen molar-refractivity contribution >= 4 is 70.7 Å².